The Hall–Kier alpha value is -0.990. The molecule has 3 nitrogen and oxygen atoms in total. The highest BCUT2D eigenvalue weighted by molar-refractivity contribution is 5.28. The van der Waals surface area contributed by atoms with E-state index < -0.39 is 0 Å². The Bertz CT molecular complexity index is 148. The van der Waals surface area contributed by atoms with Gasteiger partial charge in [0.05, 0.1) is 0 Å². The first-order valence-electron chi connectivity index (χ1n) is 3.05. The summed E-state index contributed by atoms with van der Waals surface area (Å²) >= 11 is 0. The van der Waals surface area contributed by atoms with Gasteiger partial charge in [0.1, 0.15) is 6.26 Å². The highest BCUT2D eigenvalue weighted by Crippen LogP contribution is 1.99. The first-order chi connectivity index (χ1) is 4.43. The first-order valence-corrected chi connectivity index (χ1v) is 3.05. The van der Waals surface area contributed by atoms with Gasteiger partial charge < -0.3 is 9.73 Å². The normalized spacial score (nSPS) is 9.44. The zero-order chi connectivity index (χ0) is 6.53. The monoisotopic (exact) mass is 126 g/mol. The van der Waals surface area contributed by atoms with Crippen molar-refractivity contribution in [3.8, 4) is 0 Å². The molecule has 50 valence electrons. The summed E-state index contributed by atoms with van der Waals surface area (Å²) in [5.74, 6) is 0.817. The molecule has 0 bridgehead atoms. The fourth-order valence-electron chi connectivity index (χ4n) is 0.553. The zero-order valence-electron chi connectivity index (χ0n) is 5.42. The Labute approximate surface area is 54.1 Å². The molecule has 0 aliphatic rings. The van der Waals surface area contributed by atoms with Gasteiger partial charge >= 0.3 is 0 Å². The van der Waals surface area contributed by atoms with Crippen LogP contribution in [0.25, 0.3) is 0 Å². The maximum atomic E-state index is 4.74. The van der Waals surface area contributed by atoms with Crippen LogP contribution in [0.4, 0.5) is 5.82 Å². The summed E-state index contributed by atoms with van der Waals surface area (Å²) in [5.41, 5.74) is 0. The quantitative estimate of drug-likeness (QED) is 0.666. The summed E-state index contributed by atoms with van der Waals surface area (Å²) in [4.78, 5) is 3.88. The van der Waals surface area contributed by atoms with E-state index in [2.05, 4.69) is 17.2 Å². The highest BCUT2D eigenvalue weighted by atomic mass is 16.3. The molecule has 1 aromatic heterocycles. The van der Waals surface area contributed by atoms with Crippen LogP contribution in [0, 0.1) is 0 Å². The molecule has 1 aromatic rings. The lowest BCUT2D eigenvalue weighted by Crippen LogP contribution is -1.98. The third-order valence-corrected chi connectivity index (χ3v) is 0.988. The van der Waals surface area contributed by atoms with Crippen molar-refractivity contribution in [1.82, 2.24) is 4.98 Å². The van der Waals surface area contributed by atoms with Crippen LogP contribution in [0.1, 0.15) is 13.3 Å². The Balaban J connectivity index is 2.30. The van der Waals surface area contributed by atoms with Crippen molar-refractivity contribution >= 4 is 5.82 Å². The van der Waals surface area contributed by atoms with E-state index in [1.54, 1.807) is 6.26 Å². The fraction of sp³-hybridized carbons (Fsp3) is 0.500. The molecule has 0 saturated heterocycles. The molecule has 0 spiro atoms. The molecule has 0 unspecified atom stereocenters. The van der Waals surface area contributed by atoms with E-state index in [1.807, 2.05) is 0 Å². The maximum absolute atomic E-state index is 4.74. The number of rotatable bonds is 3. The van der Waals surface area contributed by atoms with Gasteiger partial charge in [-0.3, -0.25) is 0 Å². The van der Waals surface area contributed by atoms with Gasteiger partial charge in [-0.1, -0.05) is 6.92 Å². The molecule has 0 saturated carbocycles. The summed E-state index contributed by atoms with van der Waals surface area (Å²) < 4.78 is 4.74. The molecule has 0 fully saturated rings. The molecule has 0 aliphatic carbocycles. The first kappa shape index (κ1) is 6.13. The smallest absolute Gasteiger partial charge is 0.182 e. The average Bonchev–Trinajstić information content (AvgIpc) is 2.34. The van der Waals surface area contributed by atoms with Crippen molar-refractivity contribution in [2.45, 2.75) is 13.3 Å². The van der Waals surface area contributed by atoms with E-state index in [0.29, 0.717) is 0 Å². The summed E-state index contributed by atoms with van der Waals surface area (Å²) in [6.45, 7) is 3.06. The molecule has 0 atom stereocenters. The maximum Gasteiger partial charge on any atom is 0.182 e. The second kappa shape index (κ2) is 3.12. The Morgan fingerprint density at radius 1 is 1.78 bits per heavy atom. The molecule has 3 heteroatoms. The summed E-state index contributed by atoms with van der Waals surface area (Å²) in [6, 6.07) is 0. The number of nitrogens with one attached hydrogen (secondary N) is 1. The molecule has 1 rings (SSSR count). The highest BCUT2D eigenvalue weighted by Gasteiger charge is 1.89. The molecule has 0 amide bonds. The number of hydrogen-bond acceptors (Lipinski definition) is 3. The van der Waals surface area contributed by atoms with Crippen molar-refractivity contribution in [2.75, 3.05) is 11.9 Å². The Kier molecular flexibility index (Phi) is 2.13. The minimum Gasteiger partial charge on any atom is -0.449 e. The zero-order valence-corrected chi connectivity index (χ0v) is 5.42. The van der Waals surface area contributed by atoms with Gasteiger partial charge in [-0.15, -0.1) is 0 Å². The largest absolute Gasteiger partial charge is 0.449 e. The SMILES string of the molecule is CCCNc1cocn1. The standard InChI is InChI=1S/C6H10N2O/c1-2-3-7-6-4-9-5-8-6/h4-5,7H,2-3H2,1H3. The molecule has 1 N–H and O–H groups in total. The second-order valence-corrected chi connectivity index (χ2v) is 1.80. The van der Waals surface area contributed by atoms with Crippen molar-refractivity contribution in [3.63, 3.8) is 0 Å². The van der Waals surface area contributed by atoms with Gasteiger partial charge in [0, 0.05) is 6.54 Å². The van der Waals surface area contributed by atoms with Crippen LogP contribution < -0.4 is 5.32 Å². The van der Waals surface area contributed by atoms with Crippen LogP contribution >= 0.6 is 0 Å². The van der Waals surface area contributed by atoms with Crippen molar-refractivity contribution < 1.29 is 4.42 Å². The number of nitrogens with zero attached hydrogens (tertiary/aromatic N) is 1. The van der Waals surface area contributed by atoms with Crippen LogP contribution in [-0.4, -0.2) is 11.5 Å². The van der Waals surface area contributed by atoms with E-state index in [4.69, 9.17) is 4.42 Å². The van der Waals surface area contributed by atoms with Crippen molar-refractivity contribution in [2.24, 2.45) is 0 Å². The van der Waals surface area contributed by atoms with Crippen LogP contribution in [0.3, 0.4) is 0 Å². The van der Waals surface area contributed by atoms with Gasteiger partial charge in [-0.2, -0.15) is 4.98 Å². The number of aromatic nitrogens is 1. The molecular formula is C6H10N2O. The lowest BCUT2D eigenvalue weighted by Gasteiger charge is -1.95. The molecule has 9 heavy (non-hydrogen) atoms. The Morgan fingerprint density at radius 3 is 3.22 bits per heavy atom. The number of oxazole rings is 1. The van der Waals surface area contributed by atoms with E-state index in [-0.39, 0.29) is 0 Å². The molecule has 0 radical (unpaired) electrons. The summed E-state index contributed by atoms with van der Waals surface area (Å²) in [5, 5.41) is 3.07. The average molecular weight is 126 g/mol. The minimum absolute atomic E-state index is 0.817. The molecular weight excluding hydrogens is 116 g/mol. The predicted octanol–water partition coefficient (Wildman–Crippen LogP) is 1.50. The van der Waals surface area contributed by atoms with Gasteiger partial charge in [-0.25, -0.2) is 0 Å². The summed E-state index contributed by atoms with van der Waals surface area (Å²) in [6.07, 6.45) is 4.11. The van der Waals surface area contributed by atoms with Gasteiger partial charge in [0.15, 0.2) is 12.2 Å². The predicted molar refractivity (Wildman–Crippen MR) is 35.3 cm³/mol. The fourth-order valence-corrected chi connectivity index (χ4v) is 0.553. The topological polar surface area (TPSA) is 38.1 Å². The van der Waals surface area contributed by atoms with Gasteiger partial charge in [0.25, 0.3) is 0 Å². The lowest BCUT2D eigenvalue weighted by atomic mass is 10.5. The van der Waals surface area contributed by atoms with E-state index in [0.717, 1.165) is 18.8 Å². The summed E-state index contributed by atoms with van der Waals surface area (Å²) in [7, 11) is 0. The third kappa shape index (κ3) is 1.76. The van der Waals surface area contributed by atoms with Crippen LogP contribution in [0.15, 0.2) is 17.1 Å². The molecule has 0 aliphatic heterocycles. The lowest BCUT2D eigenvalue weighted by molar-refractivity contribution is 0.558. The molecule has 0 aromatic carbocycles. The van der Waals surface area contributed by atoms with Gasteiger partial charge in [-0.05, 0) is 6.42 Å². The van der Waals surface area contributed by atoms with Crippen molar-refractivity contribution in [1.29, 1.82) is 0 Å². The molecule has 1 heterocycles. The number of hydrogen-bond donors (Lipinski definition) is 1. The van der Waals surface area contributed by atoms with E-state index in [9.17, 15) is 0 Å². The minimum atomic E-state index is 0.817. The van der Waals surface area contributed by atoms with Crippen LogP contribution in [0.2, 0.25) is 0 Å². The van der Waals surface area contributed by atoms with Crippen molar-refractivity contribution in [3.05, 3.63) is 12.7 Å². The second-order valence-electron chi connectivity index (χ2n) is 1.80. The van der Waals surface area contributed by atoms with E-state index in [1.165, 1.54) is 6.39 Å². The number of anilines is 1. The van der Waals surface area contributed by atoms with Crippen LogP contribution in [-0.2, 0) is 0 Å². The van der Waals surface area contributed by atoms with Crippen LogP contribution in [0.5, 0.6) is 0 Å². The van der Waals surface area contributed by atoms with E-state index >= 15 is 0 Å². The van der Waals surface area contributed by atoms with Gasteiger partial charge in [0.2, 0.25) is 0 Å². The Morgan fingerprint density at radius 2 is 2.67 bits per heavy atom. The third-order valence-electron chi connectivity index (χ3n) is 0.988.